The molecule has 0 unspecified atom stereocenters. The topological polar surface area (TPSA) is 161 Å². The molecule has 8 heterocycles. The molecule has 4 aliphatic rings. The molecule has 0 aromatic carbocycles. The van der Waals surface area contributed by atoms with Gasteiger partial charge in [0, 0.05) is 75.4 Å². The Morgan fingerprint density at radius 1 is 0.982 bits per heavy atom. The number of hydrogen-bond donors (Lipinski definition) is 2. The van der Waals surface area contributed by atoms with Gasteiger partial charge < -0.3 is 15.1 Å². The van der Waals surface area contributed by atoms with E-state index in [0.717, 1.165) is 102 Å². The van der Waals surface area contributed by atoms with Crippen molar-refractivity contribution in [3.8, 4) is 28.0 Å². The van der Waals surface area contributed by atoms with E-state index < -0.39 is 0 Å². The van der Waals surface area contributed by atoms with Crippen molar-refractivity contribution >= 4 is 45.3 Å². The number of piperazine rings is 1. The maximum atomic E-state index is 12.3. The molecule has 3 aliphatic heterocycles. The molecule has 4 fully saturated rings. The van der Waals surface area contributed by atoms with Crippen LogP contribution in [0.2, 0.25) is 0 Å². The minimum atomic E-state index is -0.304. The summed E-state index contributed by atoms with van der Waals surface area (Å²) in [5.74, 6) is 0.885. The molecule has 0 bridgehead atoms. The highest BCUT2D eigenvalue weighted by atomic mass is 32.1. The van der Waals surface area contributed by atoms with Gasteiger partial charge in [0.25, 0.3) is 0 Å². The smallest absolute Gasteiger partial charge is 0.234 e. The monoisotopic (exact) mass is 756 g/mol. The van der Waals surface area contributed by atoms with Crippen molar-refractivity contribution in [1.82, 2.24) is 40.0 Å². The fourth-order valence-corrected chi connectivity index (χ4v) is 9.33. The van der Waals surface area contributed by atoms with Crippen LogP contribution in [0.25, 0.3) is 27.5 Å². The molecule has 2 N–H and O–H groups in total. The van der Waals surface area contributed by atoms with Crippen LogP contribution < -0.4 is 20.4 Å². The van der Waals surface area contributed by atoms with Crippen LogP contribution in [-0.2, 0) is 9.59 Å². The fraction of sp³-hybridized carbons (Fsp3) is 0.450. The zero-order valence-corrected chi connectivity index (χ0v) is 31.9. The summed E-state index contributed by atoms with van der Waals surface area (Å²) in [5, 5.41) is 31.0. The lowest BCUT2D eigenvalue weighted by Crippen LogP contribution is -2.56. The van der Waals surface area contributed by atoms with Gasteiger partial charge in [0.2, 0.25) is 16.9 Å². The predicted octanol–water partition coefficient (Wildman–Crippen LogP) is 5.09. The van der Waals surface area contributed by atoms with Crippen molar-refractivity contribution in [2.75, 3.05) is 54.4 Å². The van der Waals surface area contributed by atoms with Crippen molar-refractivity contribution in [2.45, 2.75) is 69.9 Å². The van der Waals surface area contributed by atoms with Gasteiger partial charge in [-0.15, -0.1) is 10.2 Å². The van der Waals surface area contributed by atoms with Crippen molar-refractivity contribution in [2.24, 2.45) is 5.92 Å². The summed E-state index contributed by atoms with van der Waals surface area (Å²) in [5.41, 5.74) is 5.95. The number of nitrogens with one attached hydrogen (secondary N) is 2. The van der Waals surface area contributed by atoms with Crippen molar-refractivity contribution in [3.63, 3.8) is 0 Å². The van der Waals surface area contributed by atoms with E-state index in [1.807, 2.05) is 47.2 Å². The standard InChI is InChI=1S/C40H44N12O2S/c1-25(2)45-32-18-33(34-6-4-29-17-27(19-41)20-44-52(29)34)42-22-31(32)38-47-48-39(55-38)50-15-16-51(40(24-50)11-12-40)23-26-9-13-49(14-10-26)35-7-3-28(21-43-35)30-5-8-36(53)46-37(30)54/h3-4,6-7,17-18,20-22,25-26,30H,5,8-16,23-24H2,1-2H3,(H,42,45)(H,46,53,54)/t30-/m0/s1. The number of carbonyl (C=O) groups is 2. The average Bonchev–Trinajstić information content (AvgIpc) is 3.56. The van der Waals surface area contributed by atoms with E-state index in [1.54, 1.807) is 17.5 Å². The summed E-state index contributed by atoms with van der Waals surface area (Å²) in [6, 6.07) is 14.2. The van der Waals surface area contributed by atoms with E-state index in [0.29, 0.717) is 24.3 Å². The first-order valence-corrected chi connectivity index (χ1v) is 20.1. The van der Waals surface area contributed by atoms with Gasteiger partial charge in [-0.3, -0.25) is 24.8 Å². The number of amides is 2. The molecule has 9 rings (SSSR count). The maximum Gasteiger partial charge on any atom is 0.234 e. The summed E-state index contributed by atoms with van der Waals surface area (Å²) in [7, 11) is 0. The summed E-state index contributed by atoms with van der Waals surface area (Å²) < 4.78 is 1.81. The second-order valence-corrected chi connectivity index (χ2v) is 16.6. The first kappa shape index (κ1) is 35.3. The van der Waals surface area contributed by atoms with E-state index in [2.05, 4.69) is 61.5 Å². The van der Waals surface area contributed by atoms with Crippen LogP contribution in [-0.4, -0.2) is 97.3 Å². The number of carbonyl (C=O) groups excluding carboxylic acids is 2. The number of rotatable bonds is 9. The van der Waals surface area contributed by atoms with Crippen molar-refractivity contribution in [3.05, 3.63) is 66.1 Å². The first-order valence-electron chi connectivity index (χ1n) is 19.3. The molecule has 2 amide bonds. The zero-order chi connectivity index (χ0) is 37.7. The SMILES string of the molecule is CC(C)Nc1cc(-c2ccc3cc(C#N)cnn23)ncc1-c1nnc(N2CCN(CC3CCN(c4ccc([C@@H]5CCC(=O)NC5=O)cn4)CC3)C3(CC3)C2)s1. The Morgan fingerprint density at radius 2 is 1.84 bits per heavy atom. The number of piperidine rings is 2. The molecule has 1 spiro atoms. The number of nitrogens with zero attached hydrogens (tertiary/aromatic N) is 10. The molecule has 0 radical (unpaired) electrons. The fourth-order valence-electron chi connectivity index (χ4n) is 8.44. The van der Waals surface area contributed by atoms with Crippen LogP contribution in [0, 0.1) is 17.2 Å². The number of imide groups is 1. The van der Waals surface area contributed by atoms with Crippen LogP contribution >= 0.6 is 11.3 Å². The minimum Gasteiger partial charge on any atom is -0.382 e. The largest absolute Gasteiger partial charge is 0.382 e. The number of anilines is 3. The second-order valence-electron chi connectivity index (χ2n) is 15.7. The van der Waals surface area contributed by atoms with Gasteiger partial charge in [-0.2, -0.15) is 10.4 Å². The Balaban J connectivity index is 0.828. The number of fused-ring (bicyclic) bond motifs is 1. The van der Waals surface area contributed by atoms with Gasteiger partial charge >= 0.3 is 0 Å². The number of aromatic nitrogens is 6. The predicted molar refractivity (Wildman–Crippen MR) is 211 cm³/mol. The van der Waals surface area contributed by atoms with Crippen LogP contribution in [0.15, 0.2) is 55.0 Å². The van der Waals surface area contributed by atoms with Crippen molar-refractivity contribution in [1.29, 1.82) is 5.26 Å². The minimum absolute atomic E-state index is 0.195. The molecule has 55 heavy (non-hydrogen) atoms. The quantitative estimate of drug-likeness (QED) is 0.192. The van der Waals surface area contributed by atoms with E-state index in [9.17, 15) is 14.9 Å². The first-order chi connectivity index (χ1) is 26.7. The number of pyridine rings is 2. The Morgan fingerprint density at radius 3 is 2.58 bits per heavy atom. The van der Waals surface area contributed by atoms with Gasteiger partial charge in [0.15, 0.2) is 5.01 Å². The molecule has 14 nitrogen and oxygen atoms in total. The summed E-state index contributed by atoms with van der Waals surface area (Å²) in [6.07, 6.45) is 10.9. The summed E-state index contributed by atoms with van der Waals surface area (Å²) in [6.45, 7) is 10.2. The average molecular weight is 757 g/mol. The Hall–Kier alpha value is -5.46. The van der Waals surface area contributed by atoms with Crippen molar-refractivity contribution < 1.29 is 9.59 Å². The van der Waals surface area contributed by atoms with Gasteiger partial charge in [0.1, 0.15) is 11.9 Å². The van der Waals surface area contributed by atoms with Crippen LogP contribution in [0.4, 0.5) is 16.6 Å². The van der Waals surface area contributed by atoms with Gasteiger partial charge in [-0.25, -0.2) is 9.50 Å². The molecule has 5 aromatic rings. The normalized spacial score (nSPS) is 20.3. The number of hydrogen-bond acceptors (Lipinski definition) is 13. The second kappa shape index (κ2) is 14.3. The van der Waals surface area contributed by atoms with E-state index >= 15 is 0 Å². The third-order valence-corrected chi connectivity index (χ3v) is 12.6. The Bertz CT molecular complexity index is 2280. The third-order valence-electron chi connectivity index (χ3n) is 11.6. The van der Waals surface area contributed by atoms with E-state index in [4.69, 9.17) is 15.1 Å². The highest BCUT2D eigenvalue weighted by Crippen LogP contribution is 2.47. The van der Waals surface area contributed by atoms with Gasteiger partial charge in [-0.1, -0.05) is 17.4 Å². The molecular formula is C40H44N12O2S. The molecule has 1 aliphatic carbocycles. The number of nitriles is 1. The summed E-state index contributed by atoms with van der Waals surface area (Å²) >= 11 is 1.63. The highest BCUT2D eigenvalue weighted by molar-refractivity contribution is 7.18. The molecule has 15 heteroatoms. The third kappa shape index (κ3) is 7.00. The van der Waals surface area contributed by atoms with Crippen LogP contribution in [0.5, 0.6) is 0 Å². The highest BCUT2D eigenvalue weighted by Gasteiger charge is 2.52. The van der Waals surface area contributed by atoms with E-state index in [1.165, 1.54) is 12.8 Å². The molecule has 1 atom stereocenters. The van der Waals surface area contributed by atoms with E-state index in [-0.39, 0.29) is 29.3 Å². The zero-order valence-electron chi connectivity index (χ0n) is 31.1. The van der Waals surface area contributed by atoms with Crippen LogP contribution in [0.3, 0.4) is 0 Å². The van der Waals surface area contributed by atoms with Crippen LogP contribution in [0.1, 0.15) is 69.4 Å². The Labute approximate surface area is 323 Å². The van der Waals surface area contributed by atoms with Gasteiger partial charge in [-0.05, 0) is 87.8 Å². The lowest BCUT2D eigenvalue weighted by Gasteiger charge is -2.44. The molecule has 282 valence electrons. The van der Waals surface area contributed by atoms with Gasteiger partial charge in [0.05, 0.1) is 40.1 Å². The lowest BCUT2D eigenvalue weighted by atomic mass is 9.91. The Kier molecular flexibility index (Phi) is 9.18. The lowest BCUT2D eigenvalue weighted by molar-refractivity contribution is -0.134. The summed E-state index contributed by atoms with van der Waals surface area (Å²) in [4.78, 5) is 41.0. The maximum absolute atomic E-state index is 12.3. The molecular weight excluding hydrogens is 713 g/mol. The molecule has 5 aromatic heterocycles. The molecule has 1 saturated carbocycles. The molecule has 3 saturated heterocycles.